The summed E-state index contributed by atoms with van der Waals surface area (Å²) in [5, 5.41) is 5.83. The number of carbonyl (C=O) groups excluding carboxylic acids is 3. The van der Waals surface area contributed by atoms with Crippen LogP contribution in [0.4, 0.5) is 10.5 Å². The van der Waals surface area contributed by atoms with Gasteiger partial charge in [0.05, 0.1) is 0 Å². The lowest BCUT2D eigenvalue weighted by Crippen LogP contribution is -2.52. The van der Waals surface area contributed by atoms with Crippen LogP contribution in [0.2, 0.25) is 0 Å². The molecule has 0 heterocycles. The zero-order chi connectivity index (χ0) is 27.9. The van der Waals surface area contributed by atoms with Crippen LogP contribution >= 0.6 is 0 Å². The Morgan fingerprint density at radius 3 is 2.00 bits per heavy atom. The van der Waals surface area contributed by atoms with Gasteiger partial charge >= 0.3 is 6.09 Å². The molecule has 0 saturated heterocycles. The lowest BCUT2D eigenvalue weighted by molar-refractivity contribution is -0.140. The van der Waals surface area contributed by atoms with Gasteiger partial charge in [-0.15, -0.1) is 0 Å². The fraction of sp³-hybridized carbons (Fsp3) is 0.500. The molecule has 7 heteroatoms. The molecule has 0 fully saturated rings. The molecule has 0 aliphatic rings. The first kappa shape index (κ1) is 29.9. The van der Waals surface area contributed by atoms with E-state index in [1.54, 1.807) is 20.8 Å². The number of hydrogen-bond acceptors (Lipinski definition) is 4. The molecule has 2 atom stereocenters. The van der Waals surface area contributed by atoms with Crippen molar-refractivity contribution in [2.24, 2.45) is 5.92 Å². The average Bonchev–Trinajstić information content (AvgIpc) is 2.78. The highest BCUT2D eigenvalue weighted by Crippen LogP contribution is 2.27. The van der Waals surface area contributed by atoms with Crippen LogP contribution in [-0.2, 0) is 14.3 Å². The molecule has 0 aliphatic carbocycles. The number of anilines is 1. The van der Waals surface area contributed by atoms with Gasteiger partial charge in [-0.05, 0) is 77.5 Å². The molecule has 2 N–H and O–H groups in total. The Kier molecular flexibility index (Phi) is 10.3. The second-order valence-corrected chi connectivity index (χ2v) is 11.0. The molecule has 0 bridgehead atoms. The topological polar surface area (TPSA) is 87.7 Å². The smallest absolute Gasteiger partial charge is 0.408 e. The molecule has 2 rings (SSSR count). The fourth-order valence-electron chi connectivity index (χ4n) is 4.23. The third kappa shape index (κ3) is 8.62. The molecule has 2 unspecified atom stereocenters. The number of likely N-dealkylation sites (N-methyl/N-ethyl adjacent to an activating group) is 1. The first-order chi connectivity index (χ1) is 17.2. The zero-order valence-corrected chi connectivity index (χ0v) is 23.8. The molecule has 37 heavy (non-hydrogen) atoms. The molecule has 2 aromatic carbocycles. The van der Waals surface area contributed by atoms with E-state index in [9.17, 15) is 14.4 Å². The van der Waals surface area contributed by atoms with E-state index in [0.29, 0.717) is 12.0 Å². The normalized spacial score (nSPS) is 13.0. The molecule has 202 valence electrons. The number of carbonyl (C=O) groups is 3. The summed E-state index contributed by atoms with van der Waals surface area (Å²) in [6, 6.07) is 11.7. The molecule has 3 amide bonds. The maximum atomic E-state index is 14.0. The SMILES string of the molecule is CCN(C(=O)C(CC(C)C)NC(=O)OC(C)(C)C)C(C(=O)Nc1c(C)cccc1C)c1ccc(C)cc1. The summed E-state index contributed by atoms with van der Waals surface area (Å²) >= 11 is 0. The number of amides is 3. The average molecular weight is 510 g/mol. The van der Waals surface area contributed by atoms with E-state index in [1.165, 1.54) is 4.90 Å². The van der Waals surface area contributed by atoms with Crippen LogP contribution in [0.15, 0.2) is 42.5 Å². The number of alkyl carbamates (subject to hydrolysis) is 1. The van der Waals surface area contributed by atoms with E-state index in [-0.39, 0.29) is 24.3 Å². The third-order valence-electron chi connectivity index (χ3n) is 6.00. The minimum Gasteiger partial charge on any atom is -0.444 e. The molecule has 7 nitrogen and oxygen atoms in total. The number of ether oxygens (including phenoxy) is 1. The Balaban J connectivity index is 2.48. The Hall–Kier alpha value is -3.35. The highest BCUT2D eigenvalue weighted by Gasteiger charge is 2.36. The predicted octanol–water partition coefficient (Wildman–Crippen LogP) is 6.08. The second kappa shape index (κ2) is 12.7. The zero-order valence-electron chi connectivity index (χ0n) is 23.8. The summed E-state index contributed by atoms with van der Waals surface area (Å²) in [5.74, 6) is -0.509. The Bertz CT molecular complexity index is 1070. The van der Waals surface area contributed by atoms with Gasteiger partial charge in [-0.25, -0.2) is 4.79 Å². The van der Waals surface area contributed by atoms with E-state index in [0.717, 1.165) is 22.4 Å². The number of rotatable bonds is 9. The van der Waals surface area contributed by atoms with Crippen LogP contribution in [0.3, 0.4) is 0 Å². The van der Waals surface area contributed by atoms with Gasteiger partial charge in [0, 0.05) is 12.2 Å². The van der Waals surface area contributed by atoms with E-state index < -0.39 is 23.8 Å². The van der Waals surface area contributed by atoms with Crippen LogP contribution in [-0.4, -0.2) is 41.0 Å². The molecule has 0 spiro atoms. The lowest BCUT2D eigenvalue weighted by atomic mass is 9.98. The van der Waals surface area contributed by atoms with Crippen molar-refractivity contribution in [2.45, 2.75) is 86.4 Å². The van der Waals surface area contributed by atoms with Crippen molar-refractivity contribution in [3.05, 3.63) is 64.7 Å². The Labute approximate surface area is 222 Å². The van der Waals surface area contributed by atoms with Gasteiger partial charge < -0.3 is 20.3 Å². The van der Waals surface area contributed by atoms with Gasteiger partial charge in [-0.2, -0.15) is 0 Å². The van der Waals surface area contributed by atoms with Gasteiger partial charge in [-0.3, -0.25) is 9.59 Å². The van der Waals surface area contributed by atoms with E-state index >= 15 is 0 Å². The van der Waals surface area contributed by atoms with Crippen LogP contribution < -0.4 is 10.6 Å². The maximum Gasteiger partial charge on any atom is 0.408 e. The van der Waals surface area contributed by atoms with Crippen molar-refractivity contribution in [3.63, 3.8) is 0 Å². The number of nitrogens with zero attached hydrogens (tertiary/aromatic N) is 1. The second-order valence-electron chi connectivity index (χ2n) is 11.0. The van der Waals surface area contributed by atoms with Gasteiger partial charge in [0.15, 0.2) is 0 Å². The van der Waals surface area contributed by atoms with E-state index in [4.69, 9.17) is 4.74 Å². The van der Waals surface area contributed by atoms with Crippen molar-refractivity contribution in [1.82, 2.24) is 10.2 Å². The van der Waals surface area contributed by atoms with Crippen LogP contribution in [0.5, 0.6) is 0 Å². The summed E-state index contributed by atoms with van der Waals surface area (Å²) < 4.78 is 5.42. The quantitative estimate of drug-likeness (QED) is 0.429. The molecular weight excluding hydrogens is 466 g/mol. The first-order valence-electron chi connectivity index (χ1n) is 13.0. The number of para-hydroxylation sites is 1. The van der Waals surface area contributed by atoms with Crippen molar-refractivity contribution in [1.29, 1.82) is 0 Å². The summed E-state index contributed by atoms with van der Waals surface area (Å²) in [7, 11) is 0. The first-order valence-corrected chi connectivity index (χ1v) is 13.0. The molecule has 0 saturated carbocycles. The maximum absolute atomic E-state index is 14.0. The number of hydrogen-bond donors (Lipinski definition) is 2. The molecular formula is C30H43N3O4. The van der Waals surface area contributed by atoms with E-state index in [2.05, 4.69) is 10.6 Å². The van der Waals surface area contributed by atoms with Gasteiger partial charge in [0.25, 0.3) is 5.91 Å². The van der Waals surface area contributed by atoms with Gasteiger partial charge in [0.1, 0.15) is 17.7 Å². The highest BCUT2D eigenvalue weighted by molar-refractivity contribution is 5.99. The standard InChI is InChI=1S/C30H43N3O4/c1-10-33(28(35)24(18-19(2)3)31-29(36)37-30(7,8)9)26(23-16-14-20(4)15-17-23)27(34)32-25-21(5)12-11-13-22(25)6/h11-17,19,24,26H,10,18H2,1-9H3,(H,31,36)(H,32,34). The Morgan fingerprint density at radius 1 is 0.946 bits per heavy atom. The van der Waals surface area contributed by atoms with E-state index in [1.807, 2.05) is 84.0 Å². The Morgan fingerprint density at radius 2 is 1.51 bits per heavy atom. The third-order valence-corrected chi connectivity index (χ3v) is 6.00. The number of benzene rings is 2. The number of nitrogens with one attached hydrogen (secondary N) is 2. The minimum atomic E-state index is -0.882. The molecule has 0 aliphatic heterocycles. The predicted molar refractivity (Wildman–Crippen MR) is 148 cm³/mol. The van der Waals surface area contributed by atoms with Gasteiger partial charge in [-0.1, -0.05) is 61.9 Å². The minimum absolute atomic E-state index is 0.129. The van der Waals surface area contributed by atoms with Crippen molar-refractivity contribution < 1.29 is 19.1 Å². The summed E-state index contributed by atoms with van der Waals surface area (Å²) in [6.45, 7) is 17.3. The summed E-state index contributed by atoms with van der Waals surface area (Å²) in [5.41, 5.74) is 3.67. The van der Waals surface area contributed by atoms with Crippen molar-refractivity contribution >= 4 is 23.6 Å². The van der Waals surface area contributed by atoms with Crippen LogP contribution in [0.25, 0.3) is 0 Å². The molecule has 0 aromatic heterocycles. The molecule has 2 aromatic rings. The highest BCUT2D eigenvalue weighted by atomic mass is 16.6. The lowest BCUT2D eigenvalue weighted by Gasteiger charge is -2.34. The van der Waals surface area contributed by atoms with Crippen LogP contribution in [0.1, 0.15) is 76.3 Å². The monoisotopic (exact) mass is 509 g/mol. The largest absolute Gasteiger partial charge is 0.444 e. The fourth-order valence-corrected chi connectivity index (χ4v) is 4.23. The summed E-state index contributed by atoms with van der Waals surface area (Å²) in [6.07, 6.45) is -0.248. The number of aryl methyl sites for hydroxylation is 3. The van der Waals surface area contributed by atoms with Gasteiger partial charge in [0.2, 0.25) is 5.91 Å². The molecule has 0 radical (unpaired) electrons. The van der Waals surface area contributed by atoms with Crippen molar-refractivity contribution in [3.8, 4) is 0 Å². The van der Waals surface area contributed by atoms with Crippen molar-refractivity contribution in [2.75, 3.05) is 11.9 Å². The summed E-state index contributed by atoms with van der Waals surface area (Å²) in [4.78, 5) is 42.0. The van der Waals surface area contributed by atoms with Crippen LogP contribution in [0, 0.1) is 26.7 Å².